The van der Waals surface area contributed by atoms with Crippen molar-refractivity contribution in [3.63, 3.8) is 0 Å². The van der Waals surface area contributed by atoms with Crippen LogP contribution in [-0.2, 0) is 22.6 Å². The molecule has 1 aromatic heterocycles. The van der Waals surface area contributed by atoms with Crippen LogP contribution in [0.3, 0.4) is 0 Å². The van der Waals surface area contributed by atoms with Crippen molar-refractivity contribution in [3.05, 3.63) is 125 Å². The number of rotatable bonds is 9. The van der Waals surface area contributed by atoms with Gasteiger partial charge in [0.1, 0.15) is 0 Å². The number of aromatic nitrogens is 1. The van der Waals surface area contributed by atoms with Gasteiger partial charge in [0.2, 0.25) is 0 Å². The van der Waals surface area contributed by atoms with Gasteiger partial charge in [-0.2, -0.15) is 0 Å². The zero-order valence-corrected chi connectivity index (χ0v) is 28.3. The molecule has 1 amide bonds. The van der Waals surface area contributed by atoms with Crippen molar-refractivity contribution in [2.45, 2.75) is 84.1 Å². The molecule has 7 nitrogen and oxygen atoms in total. The third-order valence-electron chi connectivity index (χ3n) is 10.5. The fourth-order valence-electron chi connectivity index (χ4n) is 8.64. The van der Waals surface area contributed by atoms with Crippen molar-refractivity contribution in [3.8, 4) is 11.1 Å². The van der Waals surface area contributed by atoms with Crippen LogP contribution < -0.4 is 5.32 Å². The number of likely N-dealkylation sites (tertiary alicyclic amines) is 1. The van der Waals surface area contributed by atoms with Gasteiger partial charge in [-0.3, -0.25) is 14.7 Å². The molecule has 2 unspecified atom stereocenters. The molecule has 7 rings (SSSR count). The summed E-state index contributed by atoms with van der Waals surface area (Å²) in [7, 11) is 0. The summed E-state index contributed by atoms with van der Waals surface area (Å²) in [6.07, 6.45) is 7.22. The Morgan fingerprint density at radius 3 is 2.46 bits per heavy atom. The van der Waals surface area contributed by atoms with Gasteiger partial charge in [-0.25, -0.2) is 0 Å². The summed E-state index contributed by atoms with van der Waals surface area (Å²) in [5, 5.41) is 12.6. The van der Waals surface area contributed by atoms with E-state index in [1.54, 1.807) is 24.5 Å². The van der Waals surface area contributed by atoms with E-state index in [9.17, 15) is 9.90 Å². The summed E-state index contributed by atoms with van der Waals surface area (Å²) in [5.74, 6) is -0.148. The van der Waals surface area contributed by atoms with E-state index >= 15 is 0 Å². The second-order valence-corrected chi connectivity index (χ2v) is 15.2. The molecule has 48 heavy (non-hydrogen) atoms. The van der Waals surface area contributed by atoms with Crippen molar-refractivity contribution in [2.75, 3.05) is 13.1 Å². The molecule has 5 atom stereocenters. The van der Waals surface area contributed by atoms with Crippen LogP contribution in [0.2, 0.25) is 0 Å². The van der Waals surface area contributed by atoms with Crippen molar-refractivity contribution in [1.29, 1.82) is 0 Å². The average Bonchev–Trinajstić information content (AvgIpc) is 3.34. The van der Waals surface area contributed by atoms with Crippen LogP contribution in [-0.4, -0.2) is 46.1 Å². The standard InChI is InChI=1S/C41H47N3O4/c1-40(2)20-34-21-41(3,26-40)27-44(34)24-35-19-37(30-12-10-28(25-45)11-13-30)48-39(47-35)31-16-14-29(15-17-31)36-9-5-4-7-32(36)23-43-38(46)33-8-6-18-42-22-33/h4-18,22,34-35,37,39,45H,19-21,23-27H2,1-3H3,(H,43,46)/t34?,35-,37+,39+,41?/m1/s1. The SMILES string of the molecule is CC1(C)CC2CC(C)(CN2C[C@H]2C[C@@H](c3ccc(CO)cc3)O[C@@H](c3ccc(-c4ccccc4CNC(=O)c4cccnc4)cc3)O2)C1. The Kier molecular flexibility index (Phi) is 9.22. The van der Waals surface area contributed by atoms with Gasteiger partial charge in [0.15, 0.2) is 6.29 Å². The van der Waals surface area contributed by atoms with Crippen LogP contribution in [0.25, 0.3) is 11.1 Å². The molecule has 0 radical (unpaired) electrons. The zero-order chi connectivity index (χ0) is 33.3. The molecule has 2 bridgehead atoms. The highest BCUT2D eigenvalue weighted by Gasteiger charge is 2.50. The van der Waals surface area contributed by atoms with Crippen LogP contribution in [0.5, 0.6) is 0 Å². The highest BCUT2D eigenvalue weighted by molar-refractivity contribution is 5.93. The monoisotopic (exact) mass is 645 g/mol. The second kappa shape index (κ2) is 13.6. The Hall–Kier alpha value is -3.88. The lowest BCUT2D eigenvalue weighted by Crippen LogP contribution is -2.42. The van der Waals surface area contributed by atoms with Crippen LogP contribution in [0.15, 0.2) is 97.3 Å². The predicted octanol–water partition coefficient (Wildman–Crippen LogP) is 7.62. The molecule has 3 fully saturated rings. The summed E-state index contributed by atoms with van der Waals surface area (Å²) >= 11 is 0. The lowest BCUT2D eigenvalue weighted by molar-refractivity contribution is -0.253. The Labute approximate surface area is 284 Å². The minimum atomic E-state index is -0.497. The first-order valence-corrected chi connectivity index (χ1v) is 17.3. The zero-order valence-electron chi connectivity index (χ0n) is 28.3. The Morgan fingerprint density at radius 2 is 1.71 bits per heavy atom. The van der Waals surface area contributed by atoms with Gasteiger partial charge in [0, 0.05) is 50.1 Å². The molecular formula is C41H47N3O4. The Bertz CT molecular complexity index is 1710. The second-order valence-electron chi connectivity index (χ2n) is 15.2. The third-order valence-corrected chi connectivity index (χ3v) is 10.5. The lowest BCUT2D eigenvalue weighted by atomic mass is 9.65. The number of nitrogens with zero attached hydrogens (tertiary/aromatic N) is 2. The van der Waals surface area contributed by atoms with Gasteiger partial charge in [-0.1, -0.05) is 93.6 Å². The number of carbonyl (C=O) groups excluding carboxylic acids is 1. The third kappa shape index (κ3) is 7.25. The average molecular weight is 646 g/mol. The Balaban J connectivity index is 1.09. The molecule has 3 aromatic carbocycles. The van der Waals surface area contributed by atoms with Crippen LogP contribution in [0.4, 0.5) is 0 Å². The topological polar surface area (TPSA) is 83.9 Å². The van der Waals surface area contributed by atoms with Gasteiger partial charge in [-0.15, -0.1) is 0 Å². The maximum atomic E-state index is 12.7. The molecule has 2 aliphatic heterocycles. The minimum absolute atomic E-state index is 0.0258. The van der Waals surface area contributed by atoms with E-state index in [1.165, 1.54) is 19.3 Å². The van der Waals surface area contributed by atoms with Gasteiger partial charge >= 0.3 is 0 Å². The maximum Gasteiger partial charge on any atom is 0.253 e. The Morgan fingerprint density at radius 1 is 0.938 bits per heavy atom. The molecule has 1 aliphatic carbocycles. The number of fused-ring (bicyclic) bond motifs is 2. The molecule has 7 heteroatoms. The molecule has 4 aromatic rings. The predicted molar refractivity (Wildman–Crippen MR) is 187 cm³/mol. The first-order chi connectivity index (χ1) is 23.2. The summed E-state index contributed by atoms with van der Waals surface area (Å²) in [6.45, 7) is 9.78. The molecule has 2 N–H and O–H groups in total. The number of carbonyl (C=O) groups is 1. The number of amides is 1. The van der Waals surface area contributed by atoms with E-state index in [1.807, 2.05) is 30.3 Å². The molecule has 3 heterocycles. The number of hydrogen-bond acceptors (Lipinski definition) is 6. The lowest BCUT2D eigenvalue weighted by Gasteiger charge is -2.41. The summed E-state index contributed by atoms with van der Waals surface area (Å²) in [4.78, 5) is 19.4. The smallest absolute Gasteiger partial charge is 0.253 e. The van der Waals surface area contributed by atoms with Gasteiger partial charge in [0.25, 0.3) is 5.91 Å². The molecule has 250 valence electrons. The number of pyridine rings is 1. The molecule has 2 saturated heterocycles. The molecular weight excluding hydrogens is 598 g/mol. The van der Waals surface area contributed by atoms with Gasteiger partial charge in [0.05, 0.1) is 24.4 Å². The van der Waals surface area contributed by atoms with E-state index < -0.39 is 6.29 Å². The highest BCUT2D eigenvalue weighted by Crippen LogP contribution is 2.53. The van der Waals surface area contributed by atoms with E-state index in [0.29, 0.717) is 29.0 Å². The van der Waals surface area contributed by atoms with Crippen molar-refractivity contribution in [2.24, 2.45) is 10.8 Å². The van der Waals surface area contributed by atoms with E-state index in [2.05, 4.69) is 78.4 Å². The van der Waals surface area contributed by atoms with Gasteiger partial charge in [-0.05, 0) is 70.0 Å². The fraction of sp³-hybridized carbons (Fsp3) is 0.415. The van der Waals surface area contributed by atoms with Crippen molar-refractivity contribution < 1.29 is 19.4 Å². The number of aliphatic hydroxyl groups is 1. The first-order valence-electron chi connectivity index (χ1n) is 17.3. The number of benzene rings is 3. The van der Waals surface area contributed by atoms with Crippen molar-refractivity contribution in [1.82, 2.24) is 15.2 Å². The first kappa shape index (κ1) is 32.7. The largest absolute Gasteiger partial charge is 0.392 e. The highest BCUT2D eigenvalue weighted by atomic mass is 16.7. The normalized spacial score (nSPS) is 26.7. The van der Waals surface area contributed by atoms with Crippen LogP contribution >= 0.6 is 0 Å². The summed E-state index contributed by atoms with van der Waals surface area (Å²) in [6, 6.07) is 28.8. The number of aliphatic hydroxyl groups excluding tert-OH is 1. The summed E-state index contributed by atoms with van der Waals surface area (Å²) < 4.78 is 13.5. The van der Waals surface area contributed by atoms with Crippen LogP contribution in [0, 0.1) is 10.8 Å². The van der Waals surface area contributed by atoms with E-state index in [-0.39, 0.29) is 24.7 Å². The van der Waals surface area contributed by atoms with Crippen molar-refractivity contribution >= 4 is 5.91 Å². The van der Waals surface area contributed by atoms with E-state index in [4.69, 9.17) is 9.47 Å². The molecule has 3 aliphatic rings. The van der Waals surface area contributed by atoms with Gasteiger partial charge < -0.3 is 19.9 Å². The summed E-state index contributed by atoms with van der Waals surface area (Å²) in [5.41, 5.74) is 7.43. The molecule has 0 spiro atoms. The number of hydrogen-bond donors (Lipinski definition) is 2. The number of ether oxygens (including phenoxy) is 2. The number of nitrogens with one attached hydrogen (secondary N) is 1. The van der Waals surface area contributed by atoms with E-state index in [0.717, 1.165) is 52.9 Å². The quantitative estimate of drug-likeness (QED) is 0.195. The fourth-order valence-corrected chi connectivity index (χ4v) is 8.64. The van der Waals surface area contributed by atoms with Crippen LogP contribution in [0.1, 0.15) is 91.5 Å². The minimum Gasteiger partial charge on any atom is -0.392 e. The molecule has 1 saturated carbocycles. The maximum absolute atomic E-state index is 12.7.